The van der Waals surface area contributed by atoms with Crippen molar-refractivity contribution in [2.75, 3.05) is 11.9 Å². The van der Waals surface area contributed by atoms with Gasteiger partial charge in [-0.1, -0.05) is 55.3 Å². The highest BCUT2D eigenvalue weighted by Gasteiger charge is 2.27. The summed E-state index contributed by atoms with van der Waals surface area (Å²) in [5.74, 6) is -0.603. The highest BCUT2D eigenvalue weighted by atomic mass is 32.1. The first-order valence-electron chi connectivity index (χ1n) is 12.7. The van der Waals surface area contributed by atoms with E-state index >= 15 is 0 Å². The van der Waals surface area contributed by atoms with E-state index in [-0.39, 0.29) is 11.9 Å². The molecule has 0 saturated heterocycles. The van der Waals surface area contributed by atoms with E-state index in [0.29, 0.717) is 22.7 Å². The molecule has 0 fully saturated rings. The minimum absolute atomic E-state index is 0.247. The summed E-state index contributed by atoms with van der Waals surface area (Å²) in [5, 5.41) is 4.47. The number of benzene rings is 2. The number of aromatic nitrogens is 1. The van der Waals surface area contributed by atoms with Crippen molar-refractivity contribution in [3.05, 3.63) is 81.7 Å². The minimum Gasteiger partial charge on any atom is -0.462 e. The number of ether oxygens (including phenoxy) is 1. The van der Waals surface area contributed by atoms with E-state index in [1.807, 2.05) is 68.4 Å². The summed E-state index contributed by atoms with van der Waals surface area (Å²) in [5.41, 5.74) is 5.71. The van der Waals surface area contributed by atoms with Crippen molar-refractivity contribution in [2.45, 2.75) is 52.4 Å². The van der Waals surface area contributed by atoms with Gasteiger partial charge in [0.25, 0.3) is 5.91 Å². The Morgan fingerprint density at radius 3 is 2.56 bits per heavy atom. The van der Waals surface area contributed by atoms with Crippen molar-refractivity contribution in [1.29, 1.82) is 0 Å². The summed E-state index contributed by atoms with van der Waals surface area (Å²) in [6, 6.07) is 17.6. The molecule has 2 heterocycles. The minimum atomic E-state index is -0.356. The third-order valence-electron chi connectivity index (χ3n) is 6.76. The van der Waals surface area contributed by atoms with Gasteiger partial charge in [0.15, 0.2) is 0 Å². The van der Waals surface area contributed by atoms with Gasteiger partial charge in [-0.3, -0.25) is 4.79 Å². The average Bonchev–Trinajstić information content (AvgIpc) is 3.19. The zero-order valence-electron chi connectivity index (χ0n) is 20.7. The molecule has 2 aromatic carbocycles. The quantitative estimate of drug-likeness (QED) is 0.292. The van der Waals surface area contributed by atoms with Crippen molar-refractivity contribution in [3.8, 4) is 11.3 Å². The van der Waals surface area contributed by atoms with Crippen LogP contribution in [0.2, 0.25) is 0 Å². The summed E-state index contributed by atoms with van der Waals surface area (Å²) in [7, 11) is 0. The Kier molecular flexibility index (Phi) is 7.14. The number of nitrogens with one attached hydrogen (secondary N) is 1. The van der Waals surface area contributed by atoms with E-state index in [4.69, 9.17) is 9.72 Å². The number of nitrogens with zero attached hydrogens (tertiary/aromatic N) is 1. The molecule has 5 rings (SSSR count). The number of hydrogen-bond acceptors (Lipinski definition) is 5. The maximum Gasteiger partial charge on any atom is 0.341 e. The fourth-order valence-corrected chi connectivity index (χ4v) is 6.23. The van der Waals surface area contributed by atoms with Crippen LogP contribution in [-0.4, -0.2) is 23.5 Å². The molecular formula is C30H30N2O3S. The van der Waals surface area contributed by atoms with Crippen LogP contribution in [0.1, 0.15) is 69.3 Å². The zero-order chi connectivity index (χ0) is 25.1. The number of hydrogen-bond donors (Lipinski definition) is 1. The second kappa shape index (κ2) is 10.6. The van der Waals surface area contributed by atoms with Gasteiger partial charge < -0.3 is 10.1 Å². The van der Waals surface area contributed by atoms with Crippen LogP contribution in [0.15, 0.2) is 54.6 Å². The number of para-hydroxylation sites is 1. The van der Waals surface area contributed by atoms with Gasteiger partial charge in [0, 0.05) is 15.8 Å². The Morgan fingerprint density at radius 1 is 1.00 bits per heavy atom. The van der Waals surface area contributed by atoms with E-state index in [9.17, 15) is 9.59 Å². The van der Waals surface area contributed by atoms with Gasteiger partial charge in [-0.15, -0.1) is 11.3 Å². The molecule has 0 saturated carbocycles. The number of fused-ring (bicyclic) bond motifs is 2. The average molecular weight is 499 g/mol. The van der Waals surface area contributed by atoms with Crippen LogP contribution in [0.3, 0.4) is 0 Å². The summed E-state index contributed by atoms with van der Waals surface area (Å²) >= 11 is 1.52. The molecule has 0 radical (unpaired) electrons. The maximum atomic E-state index is 13.8. The molecule has 6 heteroatoms. The van der Waals surface area contributed by atoms with Crippen LogP contribution in [0.25, 0.3) is 22.2 Å². The van der Waals surface area contributed by atoms with E-state index in [2.05, 4.69) is 5.32 Å². The molecule has 1 aliphatic carbocycles. The monoisotopic (exact) mass is 498 g/mol. The van der Waals surface area contributed by atoms with Crippen molar-refractivity contribution in [2.24, 2.45) is 0 Å². The van der Waals surface area contributed by atoms with Gasteiger partial charge in [0.1, 0.15) is 5.00 Å². The predicted octanol–water partition coefficient (Wildman–Crippen LogP) is 7.36. The second-order valence-electron chi connectivity index (χ2n) is 9.18. The fraction of sp³-hybridized carbons (Fsp3) is 0.300. The van der Waals surface area contributed by atoms with Gasteiger partial charge >= 0.3 is 5.97 Å². The van der Waals surface area contributed by atoms with E-state index < -0.39 is 0 Å². The van der Waals surface area contributed by atoms with Crippen LogP contribution in [0.4, 0.5) is 5.00 Å². The molecule has 1 amide bonds. The SMILES string of the molecule is CCOC(=O)c1c(NC(=O)c2cc(-c3ccccc3C)nc3ccccc23)sc2c1CCCCCC2. The second-order valence-corrected chi connectivity index (χ2v) is 10.3. The summed E-state index contributed by atoms with van der Waals surface area (Å²) in [4.78, 5) is 32.9. The van der Waals surface area contributed by atoms with Gasteiger partial charge in [-0.05, 0) is 62.8 Å². The van der Waals surface area contributed by atoms with Crippen LogP contribution in [-0.2, 0) is 17.6 Å². The molecule has 0 bridgehead atoms. The predicted molar refractivity (Wildman–Crippen MR) is 146 cm³/mol. The molecule has 0 atom stereocenters. The summed E-state index contributed by atoms with van der Waals surface area (Å²) in [6.07, 6.45) is 6.25. The Hall–Kier alpha value is -3.51. The number of esters is 1. The number of aryl methyl sites for hydroxylation is 2. The maximum absolute atomic E-state index is 13.8. The summed E-state index contributed by atoms with van der Waals surface area (Å²) < 4.78 is 5.42. The molecule has 0 aliphatic heterocycles. The van der Waals surface area contributed by atoms with Gasteiger partial charge in [-0.25, -0.2) is 9.78 Å². The number of thiophene rings is 1. The lowest BCUT2D eigenvalue weighted by Crippen LogP contribution is -2.16. The zero-order valence-corrected chi connectivity index (χ0v) is 21.5. The summed E-state index contributed by atoms with van der Waals surface area (Å²) in [6.45, 7) is 4.15. The van der Waals surface area contributed by atoms with Crippen LogP contribution in [0, 0.1) is 6.92 Å². The fourth-order valence-electron chi connectivity index (χ4n) is 4.96. The number of carbonyl (C=O) groups excluding carboxylic acids is 2. The third-order valence-corrected chi connectivity index (χ3v) is 7.97. The first-order valence-corrected chi connectivity index (χ1v) is 13.5. The van der Waals surface area contributed by atoms with Crippen molar-refractivity contribution in [1.82, 2.24) is 4.98 Å². The Morgan fingerprint density at radius 2 is 1.75 bits per heavy atom. The molecule has 2 aromatic heterocycles. The highest BCUT2D eigenvalue weighted by Crippen LogP contribution is 2.38. The van der Waals surface area contributed by atoms with Gasteiger partial charge in [0.2, 0.25) is 0 Å². The third kappa shape index (κ3) is 4.78. The number of amides is 1. The molecule has 36 heavy (non-hydrogen) atoms. The number of carbonyl (C=O) groups is 2. The van der Waals surface area contributed by atoms with Crippen LogP contribution >= 0.6 is 11.3 Å². The highest BCUT2D eigenvalue weighted by molar-refractivity contribution is 7.17. The first-order chi connectivity index (χ1) is 17.6. The number of pyridine rings is 1. The van der Waals surface area contributed by atoms with E-state index in [0.717, 1.165) is 65.4 Å². The lowest BCUT2D eigenvalue weighted by atomic mass is 9.96. The van der Waals surface area contributed by atoms with Gasteiger partial charge in [-0.2, -0.15) is 0 Å². The molecule has 5 nitrogen and oxygen atoms in total. The Balaban J connectivity index is 1.59. The number of anilines is 1. The molecule has 184 valence electrons. The Bertz CT molecular complexity index is 1440. The molecular weight excluding hydrogens is 468 g/mol. The normalized spacial score (nSPS) is 13.5. The lowest BCUT2D eigenvalue weighted by Gasteiger charge is -2.13. The molecule has 4 aromatic rings. The van der Waals surface area contributed by atoms with Crippen LogP contribution in [0.5, 0.6) is 0 Å². The van der Waals surface area contributed by atoms with Crippen molar-refractivity contribution < 1.29 is 14.3 Å². The topological polar surface area (TPSA) is 68.3 Å². The first kappa shape index (κ1) is 24.2. The Labute approximate surface area is 215 Å². The van der Waals surface area contributed by atoms with Gasteiger partial charge in [0.05, 0.1) is 28.9 Å². The lowest BCUT2D eigenvalue weighted by molar-refractivity contribution is 0.0526. The smallest absolute Gasteiger partial charge is 0.341 e. The molecule has 0 unspecified atom stereocenters. The molecule has 0 spiro atoms. The van der Waals surface area contributed by atoms with E-state index in [1.165, 1.54) is 22.6 Å². The largest absolute Gasteiger partial charge is 0.462 e. The van der Waals surface area contributed by atoms with Crippen molar-refractivity contribution in [3.63, 3.8) is 0 Å². The molecule has 1 aliphatic rings. The number of rotatable bonds is 5. The van der Waals surface area contributed by atoms with Crippen LogP contribution < -0.4 is 5.32 Å². The van der Waals surface area contributed by atoms with Crippen molar-refractivity contribution >= 4 is 39.1 Å². The standard InChI is InChI=1S/C30H30N2O3S/c1-3-35-30(34)27-22-15-6-4-5-7-17-26(22)36-29(27)32-28(33)23-18-25(20-13-9-8-12-19(20)2)31-24-16-11-10-14-21(23)24/h8-14,16,18H,3-7,15,17H2,1-2H3,(H,32,33). The van der Waals surface area contributed by atoms with E-state index in [1.54, 1.807) is 0 Å². The molecule has 1 N–H and O–H groups in total.